The Balaban J connectivity index is 1.37. The predicted octanol–water partition coefficient (Wildman–Crippen LogP) is 8.30. The fraction of sp³-hybridized carbons (Fsp3) is 0.730. The Morgan fingerprint density at radius 2 is 1.62 bits per heavy atom. The average molecular weight is 594 g/mol. The molecule has 0 aliphatic heterocycles. The van der Waals surface area contributed by atoms with E-state index in [9.17, 15) is 14.7 Å². The highest BCUT2D eigenvalue weighted by Crippen LogP contribution is 2.76. The van der Waals surface area contributed by atoms with Crippen molar-refractivity contribution in [2.45, 2.75) is 119 Å². The van der Waals surface area contributed by atoms with E-state index in [-0.39, 0.29) is 51.3 Å². The van der Waals surface area contributed by atoms with Crippen molar-refractivity contribution >= 4 is 23.3 Å². The molecule has 0 heterocycles. The highest BCUT2D eigenvalue weighted by Gasteiger charge is 2.70. The number of hydrogen-bond donors (Lipinski definition) is 2. The zero-order chi connectivity index (χ0) is 30.5. The van der Waals surface area contributed by atoms with Gasteiger partial charge in [-0.05, 0) is 126 Å². The van der Waals surface area contributed by atoms with Crippen LogP contribution in [-0.4, -0.2) is 22.9 Å². The summed E-state index contributed by atoms with van der Waals surface area (Å²) < 4.78 is 0. The number of fused-ring (bicyclic) bond motifs is 7. The van der Waals surface area contributed by atoms with E-state index in [4.69, 9.17) is 11.6 Å². The van der Waals surface area contributed by atoms with Crippen LogP contribution in [-0.2, 0) is 16.1 Å². The summed E-state index contributed by atoms with van der Waals surface area (Å²) in [5.74, 6) is 1.69. The third-order valence-electron chi connectivity index (χ3n) is 14.2. The summed E-state index contributed by atoms with van der Waals surface area (Å²) in [5, 5.41) is 15.0. The fourth-order valence-corrected chi connectivity index (χ4v) is 12.0. The van der Waals surface area contributed by atoms with E-state index >= 15 is 0 Å². The fourth-order valence-electron chi connectivity index (χ4n) is 11.8. The van der Waals surface area contributed by atoms with Crippen LogP contribution in [0, 0.1) is 50.7 Å². The van der Waals surface area contributed by atoms with Crippen molar-refractivity contribution in [3.05, 3.63) is 46.0 Å². The van der Waals surface area contributed by atoms with Crippen LogP contribution >= 0.6 is 11.6 Å². The van der Waals surface area contributed by atoms with Crippen LogP contribution in [0.4, 0.5) is 0 Å². The van der Waals surface area contributed by atoms with Gasteiger partial charge < -0.3 is 10.4 Å². The number of halogens is 1. The first-order valence-electron chi connectivity index (χ1n) is 16.6. The van der Waals surface area contributed by atoms with Gasteiger partial charge in [0.15, 0.2) is 5.78 Å². The molecule has 0 saturated heterocycles. The van der Waals surface area contributed by atoms with Crippen LogP contribution in [0.2, 0.25) is 5.02 Å². The molecule has 0 aromatic heterocycles. The molecule has 1 aromatic carbocycles. The van der Waals surface area contributed by atoms with Gasteiger partial charge >= 0.3 is 0 Å². The maximum absolute atomic E-state index is 14.3. The maximum Gasteiger partial charge on any atom is 0.231 e. The molecule has 6 rings (SSSR count). The Morgan fingerprint density at radius 1 is 0.929 bits per heavy atom. The summed E-state index contributed by atoms with van der Waals surface area (Å²) in [7, 11) is 0. The van der Waals surface area contributed by atoms with Crippen LogP contribution in [0.25, 0.3) is 0 Å². The molecule has 4 nitrogen and oxygen atoms in total. The molecule has 2 N–H and O–H groups in total. The highest BCUT2D eigenvalue weighted by atomic mass is 35.5. The largest absolute Gasteiger partial charge is 0.393 e. The first-order chi connectivity index (χ1) is 19.6. The highest BCUT2D eigenvalue weighted by molar-refractivity contribution is 6.30. The number of carbonyl (C=O) groups is 2. The van der Waals surface area contributed by atoms with Crippen molar-refractivity contribution in [1.29, 1.82) is 0 Å². The van der Waals surface area contributed by atoms with Crippen LogP contribution in [0.5, 0.6) is 0 Å². The number of aliphatic hydroxyl groups excluding tert-OH is 1. The van der Waals surface area contributed by atoms with Gasteiger partial charge in [0.1, 0.15) is 0 Å². The summed E-state index contributed by atoms with van der Waals surface area (Å²) in [6, 6.07) is 7.63. The topological polar surface area (TPSA) is 66.4 Å². The second-order valence-electron chi connectivity index (χ2n) is 16.5. The van der Waals surface area contributed by atoms with E-state index in [2.05, 4.69) is 53.8 Å². The maximum atomic E-state index is 14.3. The van der Waals surface area contributed by atoms with Gasteiger partial charge in [0.05, 0.1) is 11.5 Å². The Morgan fingerprint density at radius 3 is 2.29 bits per heavy atom. The average Bonchev–Trinajstić information content (AvgIpc) is 3.24. The molecule has 0 radical (unpaired) electrons. The van der Waals surface area contributed by atoms with Crippen LogP contribution in [0.3, 0.4) is 0 Å². The molecule has 230 valence electrons. The summed E-state index contributed by atoms with van der Waals surface area (Å²) in [6.45, 7) is 17.0. The Kier molecular flexibility index (Phi) is 7.18. The number of rotatable bonds is 4. The molecule has 2 unspecified atom stereocenters. The summed E-state index contributed by atoms with van der Waals surface area (Å²) in [4.78, 5) is 28.1. The van der Waals surface area contributed by atoms with E-state index in [0.29, 0.717) is 29.8 Å². The summed E-state index contributed by atoms with van der Waals surface area (Å²) in [5.41, 5.74) is 2.75. The van der Waals surface area contributed by atoms with Gasteiger partial charge in [-0.15, -0.1) is 0 Å². The molecular formula is C37H52ClNO3. The lowest BCUT2D eigenvalue weighted by molar-refractivity contribution is -0.228. The molecular weight excluding hydrogens is 542 g/mol. The zero-order valence-electron chi connectivity index (χ0n) is 26.9. The first kappa shape index (κ1) is 30.4. The Bertz CT molecular complexity index is 1310. The Hall–Kier alpha value is -1.65. The van der Waals surface area contributed by atoms with Crippen molar-refractivity contribution in [3.63, 3.8) is 0 Å². The molecule has 5 heteroatoms. The standard InChI is InChI=1S/C37H52ClNO3/c1-22(2)30-26(40)20-37(32(42)39-21-23-8-10-24(38)11-9-23)19-18-35(6)25(31(30)37)12-13-28-34(5)16-15-29(41)33(3,4)27(34)14-17-36(28,35)7/h8-11,22,25,27-29,41H,12-21H2,1-7H3,(H,39,42)/t25-,27?,28?,29+,34+,35-,36-,37-/m1/s1. The minimum atomic E-state index is -0.728. The van der Waals surface area contributed by atoms with Gasteiger partial charge in [0.25, 0.3) is 0 Å². The molecule has 8 atom stereocenters. The monoisotopic (exact) mass is 593 g/mol. The number of Topliss-reactive ketones (excluding diaryl/α,β-unsaturated/α-hetero) is 1. The van der Waals surface area contributed by atoms with Gasteiger partial charge in [-0.25, -0.2) is 0 Å². The third kappa shape index (κ3) is 4.02. The lowest BCUT2D eigenvalue weighted by Gasteiger charge is -2.72. The van der Waals surface area contributed by atoms with Gasteiger partial charge in [-0.1, -0.05) is 72.2 Å². The molecule has 0 spiro atoms. The molecule has 0 bridgehead atoms. The van der Waals surface area contributed by atoms with E-state index in [1.54, 1.807) is 0 Å². The molecule has 42 heavy (non-hydrogen) atoms. The van der Waals surface area contributed by atoms with Gasteiger partial charge in [-0.3, -0.25) is 9.59 Å². The van der Waals surface area contributed by atoms with E-state index in [1.807, 2.05) is 24.3 Å². The van der Waals surface area contributed by atoms with Crippen LogP contribution in [0.15, 0.2) is 35.4 Å². The number of amides is 1. The first-order valence-corrected chi connectivity index (χ1v) is 17.0. The molecule has 4 saturated carbocycles. The molecule has 5 aliphatic carbocycles. The number of ketones is 1. The predicted molar refractivity (Wildman–Crippen MR) is 169 cm³/mol. The second-order valence-corrected chi connectivity index (χ2v) is 16.9. The number of carbonyl (C=O) groups excluding carboxylic acids is 2. The molecule has 1 aromatic rings. The van der Waals surface area contributed by atoms with Gasteiger partial charge in [-0.2, -0.15) is 0 Å². The summed E-state index contributed by atoms with van der Waals surface area (Å²) in [6.07, 6.45) is 8.31. The van der Waals surface area contributed by atoms with E-state index in [1.165, 1.54) is 5.57 Å². The molecule has 4 fully saturated rings. The van der Waals surface area contributed by atoms with Crippen molar-refractivity contribution in [3.8, 4) is 0 Å². The molecule has 5 aliphatic rings. The Labute approximate surface area is 258 Å². The summed E-state index contributed by atoms with van der Waals surface area (Å²) >= 11 is 6.09. The normalized spacial score (nSPS) is 42.5. The van der Waals surface area contributed by atoms with Crippen LogP contribution in [0.1, 0.15) is 112 Å². The van der Waals surface area contributed by atoms with Gasteiger partial charge in [0.2, 0.25) is 5.91 Å². The lowest BCUT2D eigenvalue weighted by Crippen LogP contribution is -2.66. The number of aliphatic hydroxyl groups is 1. The quantitative estimate of drug-likeness (QED) is 0.369. The number of benzene rings is 1. The minimum absolute atomic E-state index is 0.0319. The van der Waals surface area contributed by atoms with E-state index in [0.717, 1.165) is 62.5 Å². The van der Waals surface area contributed by atoms with Crippen molar-refractivity contribution < 1.29 is 14.7 Å². The lowest BCUT2D eigenvalue weighted by atomic mass is 9.33. The van der Waals surface area contributed by atoms with Crippen LogP contribution < -0.4 is 5.32 Å². The van der Waals surface area contributed by atoms with Crippen molar-refractivity contribution in [2.24, 2.45) is 50.7 Å². The third-order valence-corrected chi connectivity index (χ3v) is 14.5. The molecule has 1 amide bonds. The smallest absolute Gasteiger partial charge is 0.231 e. The zero-order valence-corrected chi connectivity index (χ0v) is 27.7. The number of hydrogen-bond acceptors (Lipinski definition) is 3. The van der Waals surface area contributed by atoms with Gasteiger partial charge in [0, 0.05) is 18.0 Å². The minimum Gasteiger partial charge on any atom is -0.393 e. The van der Waals surface area contributed by atoms with Crippen molar-refractivity contribution in [1.82, 2.24) is 5.32 Å². The van der Waals surface area contributed by atoms with Crippen molar-refractivity contribution in [2.75, 3.05) is 0 Å². The SMILES string of the molecule is CC(C)C1=C2[C@H]3CCC4[C@@]5(C)CC[C@H](O)C(C)(C)C5CC[C@@]4(C)[C@]3(C)CC[C@@]2(C(=O)NCc2ccc(Cl)cc2)CC1=O. The number of nitrogens with one attached hydrogen (secondary N) is 1. The van der Waals surface area contributed by atoms with E-state index < -0.39 is 5.41 Å². The number of allylic oxidation sites excluding steroid dienone is 1. The second kappa shape index (κ2) is 9.93.